The summed E-state index contributed by atoms with van der Waals surface area (Å²) in [6.07, 6.45) is 4.62. The van der Waals surface area contributed by atoms with Crippen molar-refractivity contribution in [1.82, 2.24) is 0 Å². The van der Waals surface area contributed by atoms with E-state index in [1.165, 1.54) is 17.5 Å². The quantitative estimate of drug-likeness (QED) is 0.486. The minimum atomic E-state index is -0.972. The van der Waals surface area contributed by atoms with Crippen LogP contribution in [-0.4, -0.2) is 17.7 Å². The number of rotatable bonds is 7. The Morgan fingerprint density at radius 2 is 1.80 bits per heavy atom. The third-order valence-corrected chi connectivity index (χ3v) is 6.38. The Balaban J connectivity index is 1.39. The molecule has 0 amide bonds. The van der Waals surface area contributed by atoms with E-state index in [2.05, 4.69) is 19.1 Å². The molecule has 0 saturated heterocycles. The van der Waals surface area contributed by atoms with E-state index in [4.69, 9.17) is 9.84 Å². The highest BCUT2D eigenvalue weighted by atomic mass is 19.1. The van der Waals surface area contributed by atoms with E-state index in [0.29, 0.717) is 28.9 Å². The van der Waals surface area contributed by atoms with E-state index in [-0.39, 0.29) is 12.4 Å². The molecule has 30 heavy (non-hydrogen) atoms. The van der Waals surface area contributed by atoms with Crippen molar-refractivity contribution in [3.8, 4) is 5.75 Å². The van der Waals surface area contributed by atoms with Crippen molar-refractivity contribution in [3.05, 3.63) is 77.6 Å². The van der Waals surface area contributed by atoms with Gasteiger partial charge in [0, 0.05) is 5.39 Å². The largest absolute Gasteiger partial charge is 0.482 e. The van der Waals surface area contributed by atoms with Crippen LogP contribution < -0.4 is 4.74 Å². The van der Waals surface area contributed by atoms with Crippen LogP contribution in [0.15, 0.2) is 60.7 Å². The first-order chi connectivity index (χ1) is 14.5. The van der Waals surface area contributed by atoms with Crippen LogP contribution in [0.4, 0.5) is 4.39 Å². The number of aliphatic carboxylic acids is 1. The Kier molecular flexibility index (Phi) is 6.03. The number of hydrogen-bond acceptors (Lipinski definition) is 2. The van der Waals surface area contributed by atoms with Gasteiger partial charge in [-0.15, -0.1) is 0 Å². The molecule has 0 spiro atoms. The minimum absolute atomic E-state index is 0.154. The molecule has 4 heteroatoms. The molecule has 3 nitrogen and oxygen atoms in total. The van der Waals surface area contributed by atoms with Crippen LogP contribution in [0.5, 0.6) is 5.75 Å². The van der Waals surface area contributed by atoms with Crippen molar-refractivity contribution in [1.29, 1.82) is 0 Å². The maximum Gasteiger partial charge on any atom is 0.341 e. The van der Waals surface area contributed by atoms with Gasteiger partial charge in [-0.3, -0.25) is 0 Å². The summed E-state index contributed by atoms with van der Waals surface area (Å²) >= 11 is 0. The van der Waals surface area contributed by atoms with Crippen LogP contribution in [0.1, 0.15) is 55.6 Å². The summed E-state index contributed by atoms with van der Waals surface area (Å²) in [6, 6.07) is 19.1. The van der Waals surface area contributed by atoms with Crippen molar-refractivity contribution in [3.63, 3.8) is 0 Å². The number of fused-ring (bicyclic) bond motifs is 1. The van der Waals surface area contributed by atoms with Crippen LogP contribution >= 0.6 is 0 Å². The highest BCUT2D eigenvalue weighted by molar-refractivity contribution is 5.86. The predicted octanol–water partition coefficient (Wildman–Crippen LogP) is 6.52. The first-order valence-corrected chi connectivity index (χ1v) is 10.6. The topological polar surface area (TPSA) is 46.5 Å². The molecule has 0 aromatic heterocycles. The van der Waals surface area contributed by atoms with Crippen LogP contribution in [-0.2, 0) is 4.79 Å². The van der Waals surface area contributed by atoms with E-state index in [1.54, 1.807) is 6.07 Å². The van der Waals surface area contributed by atoms with E-state index < -0.39 is 5.97 Å². The lowest BCUT2D eigenvalue weighted by molar-refractivity contribution is -0.139. The number of carboxylic acids is 1. The first kappa shape index (κ1) is 20.4. The number of carboxylic acid groups (broad SMARTS) is 1. The first-order valence-electron chi connectivity index (χ1n) is 10.6. The maximum atomic E-state index is 14.2. The molecule has 2 unspecified atom stereocenters. The van der Waals surface area contributed by atoms with E-state index in [1.807, 2.05) is 42.5 Å². The third-order valence-electron chi connectivity index (χ3n) is 6.38. The molecule has 1 aliphatic carbocycles. The van der Waals surface area contributed by atoms with Gasteiger partial charge >= 0.3 is 5.97 Å². The van der Waals surface area contributed by atoms with Crippen LogP contribution in [0, 0.1) is 11.7 Å². The fraction of sp³-hybridized carbons (Fsp3) is 0.346. The summed E-state index contributed by atoms with van der Waals surface area (Å²) < 4.78 is 19.4. The van der Waals surface area contributed by atoms with Gasteiger partial charge in [0.25, 0.3) is 0 Å². The number of hydrogen-bond donors (Lipinski definition) is 1. The zero-order chi connectivity index (χ0) is 21.1. The summed E-state index contributed by atoms with van der Waals surface area (Å²) in [6.45, 7) is 1.93. The van der Waals surface area contributed by atoms with Gasteiger partial charge in [-0.25, -0.2) is 9.18 Å². The van der Waals surface area contributed by atoms with Gasteiger partial charge in [0.05, 0.1) is 0 Å². The van der Waals surface area contributed by atoms with E-state index in [9.17, 15) is 9.18 Å². The van der Waals surface area contributed by atoms with Gasteiger partial charge in [0.2, 0.25) is 0 Å². The standard InChI is InChI=1S/C26H27FO3/c1-17(22-12-13-25(27)24-5-3-2-4-23(22)24)14-18-6-7-20(15-18)19-8-10-21(11-9-19)30-16-26(28)29/h2-5,8-13,17-18,20H,6-7,14-16H2,1H3,(H,28,29)/t17-,18?,20?/m0/s1. The second kappa shape index (κ2) is 8.86. The van der Waals surface area contributed by atoms with Gasteiger partial charge in [-0.2, -0.15) is 0 Å². The molecule has 0 bridgehead atoms. The van der Waals surface area contributed by atoms with Crippen molar-refractivity contribution in [2.45, 2.75) is 44.4 Å². The molecular weight excluding hydrogens is 379 g/mol. The molecular formula is C26H27FO3. The Morgan fingerprint density at radius 3 is 2.53 bits per heavy atom. The molecule has 156 valence electrons. The average molecular weight is 406 g/mol. The number of ether oxygens (including phenoxy) is 1. The van der Waals surface area contributed by atoms with Gasteiger partial charge in [0.15, 0.2) is 6.61 Å². The normalized spacial score (nSPS) is 19.7. The van der Waals surface area contributed by atoms with E-state index >= 15 is 0 Å². The lowest BCUT2D eigenvalue weighted by Crippen LogP contribution is -2.09. The maximum absolute atomic E-state index is 14.2. The summed E-state index contributed by atoms with van der Waals surface area (Å²) in [7, 11) is 0. The number of benzene rings is 3. The monoisotopic (exact) mass is 406 g/mol. The van der Waals surface area contributed by atoms with Crippen LogP contribution in [0.25, 0.3) is 10.8 Å². The third kappa shape index (κ3) is 4.48. The Hall–Kier alpha value is -2.88. The fourth-order valence-electron chi connectivity index (χ4n) is 4.92. The SMILES string of the molecule is C[C@@H](CC1CCC(c2ccc(OCC(=O)O)cc2)C1)c1ccc(F)c2ccccc12. The second-order valence-electron chi connectivity index (χ2n) is 8.45. The molecule has 0 aliphatic heterocycles. The van der Waals surface area contributed by atoms with Gasteiger partial charge in [-0.05, 0) is 78.1 Å². The Bertz CT molecular complexity index is 1030. The molecule has 0 heterocycles. The summed E-state index contributed by atoms with van der Waals surface area (Å²) in [5.74, 6) is 1.02. The van der Waals surface area contributed by atoms with Crippen LogP contribution in [0.3, 0.4) is 0 Å². The van der Waals surface area contributed by atoms with Crippen molar-refractivity contribution < 1.29 is 19.0 Å². The fourth-order valence-corrected chi connectivity index (χ4v) is 4.92. The van der Waals surface area contributed by atoms with Gasteiger partial charge in [0.1, 0.15) is 11.6 Å². The highest BCUT2D eigenvalue weighted by Crippen LogP contribution is 2.43. The molecule has 3 aromatic rings. The molecule has 1 saturated carbocycles. The molecule has 3 aromatic carbocycles. The molecule has 1 aliphatic rings. The Morgan fingerprint density at radius 1 is 1.07 bits per heavy atom. The second-order valence-corrected chi connectivity index (χ2v) is 8.45. The molecule has 0 radical (unpaired) electrons. The van der Waals surface area contributed by atoms with Gasteiger partial charge < -0.3 is 9.84 Å². The molecule has 3 atom stereocenters. The average Bonchev–Trinajstić information content (AvgIpc) is 3.21. The Labute approximate surface area is 176 Å². The predicted molar refractivity (Wildman–Crippen MR) is 117 cm³/mol. The number of halogens is 1. The van der Waals surface area contributed by atoms with Crippen LogP contribution in [0.2, 0.25) is 0 Å². The number of carbonyl (C=O) groups is 1. The zero-order valence-corrected chi connectivity index (χ0v) is 17.2. The summed E-state index contributed by atoms with van der Waals surface area (Å²) in [5.41, 5.74) is 2.52. The molecule has 1 N–H and O–H groups in total. The summed E-state index contributed by atoms with van der Waals surface area (Å²) in [5, 5.41) is 10.4. The zero-order valence-electron chi connectivity index (χ0n) is 17.2. The van der Waals surface area contributed by atoms with E-state index in [0.717, 1.165) is 24.6 Å². The minimum Gasteiger partial charge on any atom is -0.482 e. The molecule has 1 fully saturated rings. The lowest BCUT2D eigenvalue weighted by Gasteiger charge is -2.19. The van der Waals surface area contributed by atoms with Crippen molar-refractivity contribution >= 4 is 16.7 Å². The molecule has 4 rings (SSSR count). The summed E-state index contributed by atoms with van der Waals surface area (Å²) in [4.78, 5) is 10.6. The smallest absolute Gasteiger partial charge is 0.341 e. The van der Waals surface area contributed by atoms with Crippen molar-refractivity contribution in [2.24, 2.45) is 5.92 Å². The lowest BCUT2D eigenvalue weighted by atomic mass is 9.86. The van der Waals surface area contributed by atoms with Gasteiger partial charge in [-0.1, -0.05) is 49.4 Å². The highest BCUT2D eigenvalue weighted by Gasteiger charge is 2.27. The van der Waals surface area contributed by atoms with Crippen molar-refractivity contribution in [2.75, 3.05) is 6.61 Å².